The minimum Gasteiger partial charge on any atom is -0.508 e. The molecule has 6 atom stereocenters. The number of imide groups is 2. The number of hydrogen-bond donors (Lipinski definition) is 2. The number of amides is 4. The van der Waals surface area contributed by atoms with Gasteiger partial charge in [0.1, 0.15) is 23.0 Å². The average molecular weight is 814 g/mol. The highest BCUT2D eigenvalue weighted by Gasteiger charge is 2.71. The van der Waals surface area contributed by atoms with Crippen LogP contribution in [0.25, 0.3) is 0 Å². The molecule has 0 unspecified atom stereocenters. The molecule has 0 radical (unpaired) electrons. The Labute approximate surface area is 335 Å². The highest BCUT2D eigenvalue weighted by atomic mass is 35.5. The van der Waals surface area contributed by atoms with Gasteiger partial charge in [-0.15, -0.1) is 0 Å². The van der Waals surface area contributed by atoms with Crippen LogP contribution in [0.3, 0.4) is 0 Å². The summed E-state index contributed by atoms with van der Waals surface area (Å²) in [5.41, 5.74) is 2.54. The molecule has 2 heterocycles. The van der Waals surface area contributed by atoms with Gasteiger partial charge < -0.3 is 19.3 Å². The van der Waals surface area contributed by atoms with Gasteiger partial charge >= 0.3 is 0 Å². The number of hydrazine groups is 1. The van der Waals surface area contributed by atoms with E-state index in [0.717, 1.165) is 9.91 Å². The number of halogens is 2. The minimum absolute atomic E-state index is 0.0445. The van der Waals surface area contributed by atoms with Crippen LogP contribution < -0.4 is 24.5 Å². The second-order valence-corrected chi connectivity index (χ2v) is 15.1. The lowest BCUT2D eigenvalue weighted by Crippen LogP contribution is -2.53. The van der Waals surface area contributed by atoms with Crippen LogP contribution in [-0.4, -0.2) is 60.0 Å². The third kappa shape index (κ3) is 5.68. The summed E-state index contributed by atoms with van der Waals surface area (Å²) in [6, 6.07) is 19.4. The summed E-state index contributed by atoms with van der Waals surface area (Å²) >= 11 is 12.7. The summed E-state index contributed by atoms with van der Waals surface area (Å²) < 4.78 is 17.2. The molecule has 2 N–H and O–H groups in total. The molecule has 4 amide bonds. The van der Waals surface area contributed by atoms with Gasteiger partial charge in [-0.3, -0.25) is 34.7 Å². The number of nitro groups is 1. The Bertz CT molecular complexity index is 2400. The number of rotatable bonds is 9. The number of ether oxygens (including phenoxy) is 3. The lowest BCUT2D eigenvalue weighted by atomic mass is 9.49. The maximum Gasteiger partial charge on any atom is 0.271 e. The number of non-ortho nitro benzene ring substituents is 1. The summed E-state index contributed by atoms with van der Waals surface area (Å²) in [6.07, 6.45) is 1.88. The Hall–Kier alpha value is -6.12. The second kappa shape index (κ2) is 14.1. The monoisotopic (exact) mass is 812 g/mol. The maximum atomic E-state index is 15.6. The topological polar surface area (TPSA) is 178 Å². The van der Waals surface area contributed by atoms with Crippen LogP contribution in [-0.2, 0) is 24.6 Å². The third-order valence-electron chi connectivity index (χ3n) is 11.7. The molecule has 3 fully saturated rings. The van der Waals surface area contributed by atoms with Crippen LogP contribution in [0, 0.1) is 33.8 Å². The van der Waals surface area contributed by atoms with Gasteiger partial charge in [0.25, 0.3) is 17.5 Å². The molecule has 2 saturated heterocycles. The predicted molar refractivity (Wildman–Crippen MR) is 207 cm³/mol. The molecule has 0 aromatic heterocycles. The maximum absolute atomic E-state index is 15.6. The summed E-state index contributed by atoms with van der Waals surface area (Å²) in [7, 11) is 4.30. The number of anilines is 2. The summed E-state index contributed by atoms with van der Waals surface area (Å²) in [5.74, 6) is -6.70. The summed E-state index contributed by atoms with van der Waals surface area (Å²) in [6.45, 7) is 0. The molecule has 4 aromatic carbocycles. The Balaban J connectivity index is 1.37. The molecule has 0 bridgehead atoms. The molecule has 16 heteroatoms. The van der Waals surface area contributed by atoms with Crippen molar-refractivity contribution < 1.29 is 43.4 Å². The highest BCUT2D eigenvalue weighted by Crippen LogP contribution is 2.66. The lowest BCUT2D eigenvalue weighted by molar-refractivity contribution is -0.384. The van der Waals surface area contributed by atoms with Gasteiger partial charge in [0.2, 0.25) is 11.8 Å². The Morgan fingerprint density at radius 3 is 2.19 bits per heavy atom. The number of nitro benzene ring substituents is 1. The van der Waals surface area contributed by atoms with E-state index in [-0.39, 0.29) is 52.2 Å². The average Bonchev–Trinajstić information content (AvgIpc) is 3.59. The quantitative estimate of drug-likeness (QED) is 0.0784. The molecule has 14 nitrogen and oxygen atoms in total. The Morgan fingerprint density at radius 1 is 0.860 bits per heavy atom. The first-order valence-electron chi connectivity index (χ1n) is 17.9. The van der Waals surface area contributed by atoms with Gasteiger partial charge in [0.05, 0.1) is 65.8 Å². The zero-order chi connectivity index (χ0) is 40.5. The predicted octanol–water partition coefficient (Wildman–Crippen LogP) is 6.82. The first kappa shape index (κ1) is 37.8. The smallest absolute Gasteiger partial charge is 0.271 e. The van der Waals surface area contributed by atoms with Crippen LogP contribution in [0.1, 0.15) is 29.9 Å². The molecule has 4 aliphatic rings. The van der Waals surface area contributed by atoms with Gasteiger partial charge in [-0.2, -0.15) is 5.01 Å². The van der Waals surface area contributed by atoms with Gasteiger partial charge in [-0.1, -0.05) is 53.1 Å². The second-order valence-electron chi connectivity index (χ2n) is 14.3. The summed E-state index contributed by atoms with van der Waals surface area (Å²) in [4.78, 5) is 71.5. The van der Waals surface area contributed by atoms with Crippen molar-refractivity contribution in [3.63, 3.8) is 0 Å². The van der Waals surface area contributed by atoms with Crippen molar-refractivity contribution >= 4 is 63.9 Å². The first-order valence-corrected chi connectivity index (χ1v) is 18.6. The number of fused-ring (bicyclic) bond motifs is 4. The van der Waals surface area contributed by atoms with E-state index in [9.17, 15) is 24.8 Å². The van der Waals surface area contributed by atoms with Crippen molar-refractivity contribution in [3.05, 3.63) is 122 Å². The van der Waals surface area contributed by atoms with Crippen LogP contribution in [0.5, 0.6) is 23.0 Å². The van der Waals surface area contributed by atoms with Gasteiger partial charge in [-0.05, 0) is 60.7 Å². The minimum atomic E-state index is -1.74. The van der Waals surface area contributed by atoms with E-state index in [2.05, 4.69) is 5.43 Å². The molecule has 292 valence electrons. The molecule has 0 spiro atoms. The highest BCUT2D eigenvalue weighted by molar-refractivity contribution is 6.36. The molecular weight excluding hydrogens is 779 g/mol. The van der Waals surface area contributed by atoms with Crippen molar-refractivity contribution in [2.75, 3.05) is 31.7 Å². The van der Waals surface area contributed by atoms with E-state index < -0.39 is 63.6 Å². The lowest BCUT2D eigenvalue weighted by Gasteiger charge is -2.51. The van der Waals surface area contributed by atoms with Crippen molar-refractivity contribution in [3.8, 4) is 23.0 Å². The fourth-order valence-corrected chi connectivity index (χ4v) is 9.82. The number of aromatic hydroxyl groups is 1. The summed E-state index contributed by atoms with van der Waals surface area (Å²) in [5, 5.41) is 23.9. The fraction of sp³-hybridized carbons (Fsp3) is 0.268. The molecule has 8 rings (SSSR count). The molecular formula is C41H34Cl2N4O10. The molecule has 2 aliphatic heterocycles. The number of carbonyl (C=O) groups excluding carboxylic acids is 4. The van der Waals surface area contributed by atoms with Crippen molar-refractivity contribution in [2.24, 2.45) is 23.7 Å². The van der Waals surface area contributed by atoms with Gasteiger partial charge in [0, 0.05) is 40.8 Å². The molecule has 1 saturated carbocycles. The Kier molecular flexibility index (Phi) is 9.36. The van der Waals surface area contributed by atoms with E-state index in [4.69, 9.17) is 37.4 Å². The van der Waals surface area contributed by atoms with E-state index in [0.29, 0.717) is 27.5 Å². The number of methoxy groups -OCH3 is 3. The zero-order valence-electron chi connectivity index (χ0n) is 30.6. The molecule has 57 heavy (non-hydrogen) atoms. The number of nitrogens with zero attached hydrogens (tertiary/aromatic N) is 3. The molecule has 2 aliphatic carbocycles. The van der Waals surface area contributed by atoms with E-state index in [1.54, 1.807) is 30.3 Å². The van der Waals surface area contributed by atoms with Gasteiger partial charge in [0.15, 0.2) is 0 Å². The van der Waals surface area contributed by atoms with E-state index in [1.807, 2.05) is 6.08 Å². The van der Waals surface area contributed by atoms with Crippen molar-refractivity contribution in [2.45, 2.75) is 24.2 Å². The number of carbonyl (C=O) groups is 4. The molecule has 4 aromatic rings. The Morgan fingerprint density at radius 2 is 1.56 bits per heavy atom. The largest absolute Gasteiger partial charge is 0.508 e. The van der Waals surface area contributed by atoms with E-state index in [1.165, 1.54) is 69.9 Å². The SMILES string of the molecule is COc1ccc([C@@]23C(=O)N(Nc4ccc(Cl)cc4Cl)C(=O)[C@@H]2C[C@@H]2C(=CC[C@@H]4C(=O)N(c5cccc([N+](=O)[O-])c5)C(=O)[C@@H]42)[C@@H]3c2c(OC)cc(O)cc2OC)cc1. The number of hydrogen-bond acceptors (Lipinski definition) is 11. The van der Waals surface area contributed by atoms with E-state index >= 15 is 9.59 Å². The van der Waals surface area contributed by atoms with Crippen LogP contribution in [0.2, 0.25) is 10.0 Å². The number of phenolic OH excluding ortho intramolecular Hbond substituents is 1. The van der Waals surface area contributed by atoms with Crippen molar-refractivity contribution in [1.82, 2.24) is 5.01 Å². The first-order chi connectivity index (χ1) is 27.3. The standard InChI is InChI=1S/C41H34Cl2N4O10/c1-55-25-10-7-20(8-11-25)41-29(38(50)46(40(41)52)44-31-14-9-21(42)15-30(31)43)19-28-26(36(41)35-32(56-2)17-24(48)18-33(35)57-3)12-13-27-34(28)39(51)45(37(27)49)22-5-4-6-23(16-22)47(53)54/h4-12,14-18,27-29,34,36,44,48H,13,19H2,1-3H3/t27-,28+,29-,34-,36+,41+/m0/s1. The van der Waals surface area contributed by atoms with Crippen LogP contribution in [0.15, 0.2) is 90.5 Å². The van der Waals surface area contributed by atoms with Crippen LogP contribution >= 0.6 is 23.2 Å². The number of benzene rings is 4. The number of phenols is 1. The number of allylic oxidation sites excluding steroid dienone is 2. The fourth-order valence-electron chi connectivity index (χ4n) is 9.37. The third-order valence-corrected chi connectivity index (χ3v) is 12.2. The van der Waals surface area contributed by atoms with Gasteiger partial charge in [-0.25, -0.2) is 4.90 Å². The van der Waals surface area contributed by atoms with Crippen molar-refractivity contribution in [1.29, 1.82) is 0 Å². The zero-order valence-corrected chi connectivity index (χ0v) is 32.1. The normalized spacial score (nSPS) is 25.1. The number of nitrogens with one attached hydrogen (secondary N) is 1. The van der Waals surface area contributed by atoms with Crippen LogP contribution in [0.4, 0.5) is 17.1 Å².